The third kappa shape index (κ3) is 3.46. The van der Waals surface area contributed by atoms with Crippen LogP contribution in [-0.4, -0.2) is 34.9 Å². The van der Waals surface area contributed by atoms with Gasteiger partial charge in [-0.05, 0) is 36.1 Å². The number of aromatic nitrogens is 2. The molecule has 0 radical (unpaired) electrons. The highest BCUT2D eigenvalue weighted by Crippen LogP contribution is 2.46. The lowest BCUT2D eigenvalue weighted by Gasteiger charge is -2.19. The van der Waals surface area contributed by atoms with E-state index in [2.05, 4.69) is 69.5 Å². The maximum Gasteiger partial charge on any atom is 0.0963 e. The van der Waals surface area contributed by atoms with E-state index in [-0.39, 0.29) is 0 Å². The number of nitrogens with zero attached hydrogens (tertiary/aromatic N) is 2. The Morgan fingerprint density at radius 2 is 2.00 bits per heavy atom. The first-order valence-electron chi connectivity index (χ1n) is 11.7. The predicted octanol–water partition coefficient (Wildman–Crippen LogP) is 6.53. The Bertz CT molecular complexity index is 1410. The first-order valence-corrected chi connectivity index (χ1v) is 12.5. The molecule has 1 saturated heterocycles. The maximum atomic E-state index is 7.59. The predicted molar refractivity (Wildman–Crippen MR) is 142 cm³/mol. The summed E-state index contributed by atoms with van der Waals surface area (Å²) in [5.41, 5.74) is 11.4. The number of aromatic amines is 1. The average Bonchev–Trinajstić information content (AvgIpc) is 3.62. The van der Waals surface area contributed by atoms with E-state index in [0.717, 1.165) is 54.1 Å². The summed E-state index contributed by atoms with van der Waals surface area (Å²) in [6.07, 6.45) is 4.62. The van der Waals surface area contributed by atoms with Crippen LogP contribution in [0, 0.1) is 5.41 Å². The van der Waals surface area contributed by atoms with Crippen LogP contribution in [0.1, 0.15) is 34.4 Å². The molecule has 3 heterocycles. The van der Waals surface area contributed by atoms with Gasteiger partial charge in [-0.15, -0.1) is 11.3 Å². The molecule has 4 aromatic rings. The molecule has 0 spiro atoms. The van der Waals surface area contributed by atoms with Crippen molar-refractivity contribution in [1.29, 1.82) is 5.41 Å². The van der Waals surface area contributed by atoms with E-state index in [4.69, 9.17) is 5.41 Å². The van der Waals surface area contributed by atoms with E-state index in [0.29, 0.717) is 0 Å². The van der Waals surface area contributed by atoms with Crippen molar-refractivity contribution in [1.82, 2.24) is 15.1 Å². The highest BCUT2D eigenvalue weighted by atomic mass is 32.1. The summed E-state index contributed by atoms with van der Waals surface area (Å²) in [7, 11) is 1.88. The van der Waals surface area contributed by atoms with Crippen LogP contribution in [0.2, 0.25) is 0 Å². The molecular formula is C28H27N5S. The van der Waals surface area contributed by atoms with Crippen molar-refractivity contribution in [3.05, 3.63) is 82.4 Å². The average molecular weight is 466 g/mol. The van der Waals surface area contributed by atoms with Gasteiger partial charge in [-0.25, -0.2) is 0 Å². The summed E-state index contributed by atoms with van der Waals surface area (Å²) < 4.78 is 0. The summed E-state index contributed by atoms with van der Waals surface area (Å²) in [6, 6.07) is 17.4. The van der Waals surface area contributed by atoms with E-state index in [1.165, 1.54) is 50.3 Å². The van der Waals surface area contributed by atoms with Crippen molar-refractivity contribution in [2.75, 3.05) is 18.9 Å². The number of likely N-dealkylation sites (tertiary alicyclic amines) is 1. The quantitative estimate of drug-likeness (QED) is 0.250. The number of H-pyrrole nitrogens is 1. The molecule has 1 aliphatic carbocycles. The number of hydrogen-bond donors (Lipinski definition) is 3. The molecule has 0 bridgehead atoms. The number of rotatable bonds is 6. The standard InChI is InChI=1S/C28H27N5S/c1-17-4-3-11-33(17)16-18-5-7-19(8-6-18)25-13-22-26(34-25)14-23-27(31-32-28(22)23)20-9-10-21(15-29)24(12-20)30-2/h5-10,12-13,15,29-30H,1,3-4,11,14,16H2,2H3,(H,31,32). The Labute approximate surface area is 203 Å². The van der Waals surface area contributed by atoms with Gasteiger partial charge in [0.25, 0.3) is 0 Å². The molecular weight excluding hydrogens is 438 g/mol. The zero-order valence-corrected chi connectivity index (χ0v) is 20.1. The fourth-order valence-electron chi connectivity index (χ4n) is 5.10. The molecule has 5 nitrogen and oxygen atoms in total. The second kappa shape index (κ2) is 8.29. The highest BCUT2D eigenvalue weighted by Gasteiger charge is 2.28. The molecule has 34 heavy (non-hydrogen) atoms. The zero-order chi connectivity index (χ0) is 23.2. The third-order valence-electron chi connectivity index (χ3n) is 6.99. The number of benzene rings is 2. The van der Waals surface area contributed by atoms with E-state index in [1.54, 1.807) is 0 Å². The minimum atomic E-state index is 0.874. The van der Waals surface area contributed by atoms with E-state index in [1.807, 2.05) is 24.5 Å². The lowest BCUT2D eigenvalue weighted by atomic mass is 10.0. The molecule has 6 rings (SSSR count). The fourth-order valence-corrected chi connectivity index (χ4v) is 6.28. The molecule has 0 atom stereocenters. The van der Waals surface area contributed by atoms with Crippen LogP contribution in [0.3, 0.4) is 0 Å². The third-order valence-corrected chi connectivity index (χ3v) is 8.17. The van der Waals surface area contributed by atoms with Gasteiger partial charge in [-0.3, -0.25) is 5.10 Å². The second-order valence-electron chi connectivity index (χ2n) is 9.03. The van der Waals surface area contributed by atoms with Crippen LogP contribution in [0.15, 0.2) is 60.8 Å². The van der Waals surface area contributed by atoms with Gasteiger partial charge >= 0.3 is 0 Å². The monoisotopic (exact) mass is 465 g/mol. The highest BCUT2D eigenvalue weighted by molar-refractivity contribution is 7.16. The summed E-state index contributed by atoms with van der Waals surface area (Å²) >= 11 is 1.88. The van der Waals surface area contributed by atoms with E-state index < -0.39 is 0 Å². The molecule has 0 saturated carbocycles. The van der Waals surface area contributed by atoms with Gasteiger partial charge in [0, 0.05) is 76.2 Å². The van der Waals surface area contributed by atoms with Crippen molar-refractivity contribution in [2.45, 2.75) is 25.8 Å². The zero-order valence-electron chi connectivity index (χ0n) is 19.2. The molecule has 6 heteroatoms. The number of fused-ring (bicyclic) bond motifs is 3. The molecule has 0 unspecified atom stereocenters. The molecule has 2 aliphatic rings. The van der Waals surface area contributed by atoms with Crippen LogP contribution in [0.4, 0.5) is 5.69 Å². The van der Waals surface area contributed by atoms with Gasteiger partial charge in [0.1, 0.15) is 0 Å². The molecule has 2 aromatic heterocycles. The lowest BCUT2D eigenvalue weighted by molar-refractivity contribution is 0.387. The Hall–Kier alpha value is -3.64. The smallest absolute Gasteiger partial charge is 0.0963 e. The minimum Gasteiger partial charge on any atom is -0.388 e. The summed E-state index contributed by atoms with van der Waals surface area (Å²) in [5, 5.41) is 18.8. The van der Waals surface area contributed by atoms with Crippen molar-refractivity contribution < 1.29 is 0 Å². The Balaban J connectivity index is 1.25. The van der Waals surface area contributed by atoms with Gasteiger partial charge in [0.15, 0.2) is 0 Å². The summed E-state index contributed by atoms with van der Waals surface area (Å²) in [5.74, 6) is 0. The molecule has 1 fully saturated rings. The van der Waals surface area contributed by atoms with Crippen molar-refractivity contribution in [2.24, 2.45) is 0 Å². The van der Waals surface area contributed by atoms with Crippen LogP contribution in [0.25, 0.3) is 33.0 Å². The van der Waals surface area contributed by atoms with Gasteiger partial charge in [0.2, 0.25) is 0 Å². The van der Waals surface area contributed by atoms with Crippen molar-refractivity contribution in [3.8, 4) is 33.0 Å². The Morgan fingerprint density at radius 3 is 2.74 bits per heavy atom. The molecule has 2 aromatic carbocycles. The number of allylic oxidation sites excluding steroid dienone is 1. The number of anilines is 1. The fraction of sp³-hybridized carbons (Fsp3) is 0.214. The van der Waals surface area contributed by atoms with Crippen molar-refractivity contribution in [3.63, 3.8) is 0 Å². The van der Waals surface area contributed by atoms with Gasteiger partial charge < -0.3 is 15.6 Å². The van der Waals surface area contributed by atoms with Crippen LogP contribution in [0.5, 0.6) is 0 Å². The molecule has 3 N–H and O–H groups in total. The van der Waals surface area contributed by atoms with Crippen LogP contribution < -0.4 is 5.32 Å². The lowest BCUT2D eigenvalue weighted by Crippen LogP contribution is -2.16. The summed E-state index contributed by atoms with van der Waals surface area (Å²) in [6.45, 7) is 6.26. The Morgan fingerprint density at radius 1 is 1.18 bits per heavy atom. The van der Waals surface area contributed by atoms with Gasteiger partial charge in [0.05, 0.1) is 11.4 Å². The molecule has 170 valence electrons. The first-order chi connectivity index (χ1) is 16.6. The number of hydrogen-bond acceptors (Lipinski definition) is 5. The van der Waals surface area contributed by atoms with Crippen molar-refractivity contribution >= 4 is 23.2 Å². The topological polar surface area (TPSA) is 67.8 Å². The number of thiophene rings is 1. The second-order valence-corrected chi connectivity index (χ2v) is 10.2. The normalized spacial score (nSPS) is 14.4. The van der Waals surface area contributed by atoms with E-state index >= 15 is 0 Å². The first kappa shape index (κ1) is 20.9. The number of nitrogens with one attached hydrogen (secondary N) is 3. The molecule has 1 aliphatic heterocycles. The van der Waals surface area contributed by atoms with Crippen LogP contribution >= 0.6 is 11.3 Å². The minimum absolute atomic E-state index is 0.874. The molecule has 0 amide bonds. The van der Waals surface area contributed by atoms with Gasteiger partial charge in [-0.2, -0.15) is 5.10 Å². The Kier molecular flexibility index (Phi) is 5.11. The van der Waals surface area contributed by atoms with Gasteiger partial charge in [-0.1, -0.05) is 43.0 Å². The SMILES string of the molecule is C=C1CCCN1Cc1ccc(-c2cc3c(s2)Cc2c(-c4ccc(C=N)c(NC)c4)n[nH]c2-3)cc1. The maximum absolute atomic E-state index is 7.59. The summed E-state index contributed by atoms with van der Waals surface area (Å²) in [4.78, 5) is 5.09. The van der Waals surface area contributed by atoms with E-state index in [9.17, 15) is 0 Å². The van der Waals surface area contributed by atoms with Crippen LogP contribution in [-0.2, 0) is 13.0 Å². The largest absolute Gasteiger partial charge is 0.388 e.